The van der Waals surface area contributed by atoms with Crippen LogP contribution in [0.25, 0.3) is 0 Å². The molecule has 7 heteroatoms. The Morgan fingerprint density at radius 2 is 1.69 bits per heavy atom. The number of carbonyl (C=O) groups is 1. The third kappa shape index (κ3) is 3.99. The van der Waals surface area contributed by atoms with Crippen LogP contribution >= 0.6 is 0 Å². The molecule has 0 aliphatic carbocycles. The van der Waals surface area contributed by atoms with Crippen LogP contribution in [0.2, 0.25) is 0 Å². The van der Waals surface area contributed by atoms with E-state index in [1.165, 1.54) is 0 Å². The van der Waals surface area contributed by atoms with Gasteiger partial charge in [0, 0.05) is 17.0 Å². The minimum absolute atomic E-state index is 0.00738. The van der Waals surface area contributed by atoms with Crippen LogP contribution in [-0.4, -0.2) is 53.4 Å². The number of anilines is 1. The van der Waals surface area contributed by atoms with Gasteiger partial charge in [0.25, 0.3) is 0 Å². The molecule has 2 fully saturated rings. The first-order chi connectivity index (χ1) is 12.1. The summed E-state index contributed by atoms with van der Waals surface area (Å²) < 4.78 is 11.9. The van der Waals surface area contributed by atoms with E-state index < -0.39 is 5.41 Å². The quantitative estimate of drug-likeness (QED) is 0.854. The lowest BCUT2D eigenvalue weighted by Gasteiger charge is -2.23. The number of ether oxygens (including phenoxy) is 2. The van der Waals surface area contributed by atoms with Gasteiger partial charge in [0.05, 0.1) is 31.0 Å². The number of nitrogens with one attached hydrogen (secondary N) is 2. The van der Waals surface area contributed by atoms with Gasteiger partial charge in [0.2, 0.25) is 11.9 Å². The Hall–Kier alpha value is -1.73. The van der Waals surface area contributed by atoms with Gasteiger partial charge >= 0.3 is 0 Å². The molecule has 0 saturated carbocycles. The number of nitrogens with zero attached hydrogens (tertiary/aromatic N) is 2. The molecule has 1 aromatic heterocycles. The average Bonchev–Trinajstić information content (AvgIpc) is 3.10. The van der Waals surface area contributed by atoms with Crippen LogP contribution in [0.15, 0.2) is 12.3 Å². The molecule has 0 bridgehead atoms. The van der Waals surface area contributed by atoms with E-state index in [1.54, 1.807) is 6.20 Å². The van der Waals surface area contributed by atoms with Crippen molar-refractivity contribution in [2.24, 2.45) is 5.41 Å². The normalized spacial score (nSPS) is 28.7. The summed E-state index contributed by atoms with van der Waals surface area (Å²) in [6.45, 7) is 13.0. The summed E-state index contributed by atoms with van der Waals surface area (Å²) in [6, 6.07) is 1.77. The fourth-order valence-corrected chi connectivity index (χ4v) is 3.14. The maximum absolute atomic E-state index is 12.3. The fraction of sp³-hybridized carbons (Fsp3) is 0.737. The predicted molar refractivity (Wildman–Crippen MR) is 99.0 cm³/mol. The first-order valence-electron chi connectivity index (χ1n) is 9.20. The number of amides is 1. The van der Waals surface area contributed by atoms with E-state index in [4.69, 9.17) is 9.47 Å². The lowest BCUT2D eigenvalue weighted by atomic mass is 9.92. The summed E-state index contributed by atoms with van der Waals surface area (Å²) in [5.41, 5.74) is 0.503. The standard InChI is InChI=1S/C19H30N4O3/c1-18(2,3)13-7-8-20-17(23-13)22-12-10-26-14-11(9-25-15(12)14)21-16(24)19(4,5)6/h7-8,11-12,14-15H,9-10H2,1-6H3,(H,21,24)(H,20,22,23)/t11-,12+,14-,15+/m0/s1. The van der Waals surface area contributed by atoms with Crippen molar-refractivity contribution < 1.29 is 14.3 Å². The van der Waals surface area contributed by atoms with Gasteiger partial charge in [-0.25, -0.2) is 9.97 Å². The monoisotopic (exact) mass is 362 g/mol. The highest BCUT2D eigenvalue weighted by molar-refractivity contribution is 5.81. The lowest BCUT2D eigenvalue weighted by Crippen LogP contribution is -2.48. The molecular formula is C19H30N4O3. The zero-order chi connectivity index (χ0) is 19.1. The van der Waals surface area contributed by atoms with Crippen molar-refractivity contribution >= 4 is 11.9 Å². The second-order valence-electron chi connectivity index (χ2n) is 9.19. The molecule has 3 rings (SSSR count). The van der Waals surface area contributed by atoms with Crippen LogP contribution in [0, 0.1) is 5.41 Å². The SMILES string of the molecule is CC(C)(C)C(=O)N[C@H]1CO[C@H]2[C@H]1OC[C@H]2Nc1nccc(C(C)(C)C)n1. The fourth-order valence-electron chi connectivity index (χ4n) is 3.14. The molecule has 2 N–H and O–H groups in total. The molecule has 1 aromatic rings. The molecular weight excluding hydrogens is 332 g/mol. The van der Waals surface area contributed by atoms with Crippen molar-refractivity contribution in [2.75, 3.05) is 18.5 Å². The number of hydrogen-bond donors (Lipinski definition) is 2. The van der Waals surface area contributed by atoms with E-state index >= 15 is 0 Å². The van der Waals surface area contributed by atoms with Gasteiger partial charge in [-0.2, -0.15) is 0 Å². The van der Waals surface area contributed by atoms with Gasteiger partial charge in [0.1, 0.15) is 12.2 Å². The van der Waals surface area contributed by atoms with Crippen LogP contribution in [-0.2, 0) is 19.7 Å². The zero-order valence-corrected chi connectivity index (χ0v) is 16.5. The van der Waals surface area contributed by atoms with E-state index in [0.29, 0.717) is 19.2 Å². The van der Waals surface area contributed by atoms with Gasteiger partial charge in [-0.3, -0.25) is 4.79 Å². The molecule has 7 nitrogen and oxygen atoms in total. The summed E-state index contributed by atoms with van der Waals surface area (Å²) >= 11 is 0. The third-order valence-corrected chi connectivity index (χ3v) is 4.79. The lowest BCUT2D eigenvalue weighted by molar-refractivity contribution is -0.129. The Bertz CT molecular complexity index is 665. The molecule has 4 atom stereocenters. The third-order valence-electron chi connectivity index (χ3n) is 4.79. The number of aromatic nitrogens is 2. The van der Waals surface area contributed by atoms with Crippen molar-refractivity contribution in [1.82, 2.24) is 15.3 Å². The maximum Gasteiger partial charge on any atom is 0.225 e. The Labute approximate surface area is 155 Å². The highest BCUT2D eigenvalue weighted by Crippen LogP contribution is 2.29. The summed E-state index contributed by atoms with van der Waals surface area (Å²) in [5.74, 6) is 0.588. The topological polar surface area (TPSA) is 85.4 Å². The molecule has 0 aromatic carbocycles. The van der Waals surface area contributed by atoms with Crippen molar-refractivity contribution in [1.29, 1.82) is 0 Å². The first kappa shape index (κ1) is 19.0. The molecule has 0 spiro atoms. The average molecular weight is 362 g/mol. The van der Waals surface area contributed by atoms with Crippen molar-refractivity contribution in [3.63, 3.8) is 0 Å². The summed E-state index contributed by atoms with van der Waals surface area (Å²) in [4.78, 5) is 21.2. The van der Waals surface area contributed by atoms with Crippen LogP contribution in [0.4, 0.5) is 5.95 Å². The molecule has 1 amide bonds. The molecule has 144 valence electrons. The summed E-state index contributed by atoms with van der Waals surface area (Å²) in [7, 11) is 0. The Balaban J connectivity index is 1.64. The summed E-state index contributed by atoms with van der Waals surface area (Å²) in [6.07, 6.45) is 1.50. The molecule has 2 aliphatic heterocycles. The smallest absolute Gasteiger partial charge is 0.225 e. The van der Waals surface area contributed by atoms with E-state index in [-0.39, 0.29) is 35.6 Å². The van der Waals surface area contributed by atoms with E-state index in [2.05, 4.69) is 41.4 Å². The van der Waals surface area contributed by atoms with Gasteiger partial charge in [-0.05, 0) is 6.07 Å². The van der Waals surface area contributed by atoms with E-state index in [9.17, 15) is 4.79 Å². The van der Waals surface area contributed by atoms with Crippen LogP contribution < -0.4 is 10.6 Å². The predicted octanol–water partition coefficient (Wildman–Crippen LogP) is 1.88. The molecule has 0 unspecified atom stereocenters. The second-order valence-corrected chi connectivity index (χ2v) is 9.19. The van der Waals surface area contributed by atoms with Crippen LogP contribution in [0.3, 0.4) is 0 Å². The zero-order valence-electron chi connectivity index (χ0n) is 16.5. The molecule has 0 radical (unpaired) electrons. The van der Waals surface area contributed by atoms with Gasteiger partial charge in [-0.1, -0.05) is 41.5 Å². The minimum atomic E-state index is -0.435. The Kier molecular flexibility index (Phi) is 4.96. The molecule has 26 heavy (non-hydrogen) atoms. The van der Waals surface area contributed by atoms with Crippen LogP contribution in [0.1, 0.15) is 47.2 Å². The number of hydrogen-bond acceptors (Lipinski definition) is 6. The van der Waals surface area contributed by atoms with Gasteiger partial charge in [0.15, 0.2) is 0 Å². The number of carbonyl (C=O) groups excluding carboxylic acids is 1. The van der Waals surface area contributed by atoms with Crippen molar-refractivity contribution in [2.45, 2.75) is 71.2 Å². The largest absolute Gasteiger partial charge is 0.371 e. The number of rotatable bonds is 3. The Morgan fingerprint density at radius 1 is 1.08 bits per heavy atom. The van der Waals surface area contributed by atoms with Crippen molar-refractivity contribution in [3.05, 3.63) is 18.0 Å². The van der Waals surface area contributed by atoms with Gasteiger partial charge in [-0.15, -0.1) is 0 Å². The number of fused-ring (bicyclic) bond motifs is 1. The second kappa shape index (κ2) is 6.78. The highest BCUT2D eigenvalue weighted by Gasteiger charge is 2.49. The highest BCUT2D eigenvalue weighted by atomic mass is 16.6. The first-order valence-corrected chi connectivity index (χ1v) is 9.20. The van der Waals surface area contributed by atoms with Crippen molar-refractivity contribution in [3.8, 4) is 0 Å². The van der Waals surface area contributed by atoms with Crippen LogP contribution in [0.5, 0.6) is 0 Å². The van der Waals surface area contributed by atoms with E-state index in [1.807, 2.05) is 26.8 Å². The van der Waals surface area contributed by atoms with E-state index in [0.717, 1.165) is 5.69 Å². The molecule has 3 heterocycles. The minimum Gasteiger partial charge on any atom is -0.371 e. The Morgan fingerprint density at radius 3 is 2.31 bits per heavy atom. The molecule has 2 aliphatic rings. The van der Waals surface area contributed by atoms with Gasteiger partial charge < -0.3 is 20.1 Å². The summed E-state index contributed by atoms with van der Waals surface area (Å²) in [5, 5.41) is 6.40. The molecule has 2 saturated heterocycles. The maximum atomic E-state index is 12.3.